The molecule has 0 bridgehead atoms. The molecular formula is C22H25N3O5S. The molecule has 1 aliphatic rings. The molecule has 31 heavy (non-hydrogen) atoms. The molecule has 1 aliphatic carbocycles. The van der Waals surface area contributed by atoms with Crippen molar-refractivity contribution in [1.29, 1.82) is 0 Å². The molecule has 1 N–H and O–H groups in total. The predicted molar refractivity (Wildman–Crippen MR) is 116 cm³/mol. The van der Waals surface area contributed by atoms with Gasteiger partial charge < -0.3 is 14.5 Å². The highest BCUT2D eigenvalue weighted by Crippen LogP contribution is 2.52. The van der Waals surface area contributed by atoms with Gasteiger partial charge in [-0.15, -0.1) is 0 Å². The van der Waals surface area contributed by atoms with Crippen LogP contribution >= 0.6 is 0 Å². The van der Waals surface area contributed by atoms with Crippen LogP contribution in [0.5, 0.6) is 5.75 Å². The zero-order chi connectivity index (χ0) is 22.6. The van der Waals surface area contributed by atoms with Crippen LogP contribution in [0.1, 0.15) is 40.2 Å². The van der Waals surface area contributed by atoms with Gasteiger partial charge in [0.25, 0.3) is 0 Å². The maximum atomic E-state index is 13.6. The number of fused-ring (bicyclic) bond motifs is 1. The molecule has 0 aliphatic heterocycles. The van der Waals surface area contributed by atoms with Gasteiger partial charge in [0, 0.05) is 7.05 Å². The number of hydrogen-bond donors (Lipinski definition) is 1. The lowest BCUT2D eigenvalue weighted by Gasteiger charge is -2.27. The van der Waals surface area contributed by atoms with Crippen molar-refractivity contribution in [1.82, 2.24) is 14.3 Å². The van der Waals surface area contributed by atoms with Crippen molar-refractivity contribution in [3.05, 3.63) is 52.8 Å². The maximum absolute atomic E-state index is 13.6. The van der Waals surface area contributed by atoms with Gasteiger partial charge in [-0.25, -0.2) is 18.2 Å². The van der Waals surface area contributed by atoms with Gasteiger partial charge in [-0.3, -0.25) is 0 Å². The third-order valence-corrected chi connectivity index (χ3v) is 8.20. The summed E-state index contributed by atoms with van der Waals surface area (Å²) in [5.41, 5.74) is 1.93. The van der Waals surface area contributed by atoms with E-state index in [1.54, 1.807) is 58.3 Å². The number of carbonyl (C=O) groups is 1. The number of nitrogens with zero attached hydrogens (tertiary/aromatic N) is 2. The number of benzene rings is 2. The topological polar surface area (TPSA) is 102 Å². The van der Waals surface area contributed by atoms with Crippen molar-refractivity contribution >= 4 is 27.0 Å². The Morgan fingerprint density at radius 1 is 1.16 bits per heavy atom. The van der Waals surface area contributed by atoms with E-state index in [1.807, 2.05) is 0 Å². The van der Waals surface area contributed by atoms with Gasteiger partial charge in [-0.05, 0) is 62.1 Å². The van der Waals surface area contributed by atoms with Crippen molar-refractivity contribution in [2.75, 3.05) is 21.3 Å². The number of ether oxygens (including phenoxy) is 2. The Bertz CT molecular complexity index is 1270. The number of esters is 1. The largest absolute Gasteiger partial charge is 0.497 e. The summed E-state index contributed by atoms with van der Waals surface area (Å²) < 4.78 is 38.8. The third kappa shape index (κ3) is 3.28. The van der Waals surface area contributed by atoms with Gasteiger partial charge in [-0.2, -0.15) is 4.31 Å². The van der Waals surface area contributed by atoms with Crippen LogP contribution in [0.3, 0.4) is 0 Å². The molecule has 1 heterocycles. The lowest BCUT2D eigenvalue weighted by molar-refractivity contribution is 0.0602. The van der Waals surface area contributed by atoms with Crippen LogP contribution in [0.4, 0.5) is 0 Å². The van der Waals surface area contributed by atoms with Gasteiger partial charge in [0.2, 0.25) is 10.0 Å². The molecule has 0 amide bonds. The molecule has 164 valence electrons. The zero-order valence-electron chi connectivity index (χ0n) is 18.1. The van der Waals surface area contributed by atoms with Crippen LogP contribution in [0.25, 0.3) is 11.0 Å². The minimum Gasteiger partial charge on any atom is -0.497 e. The second-order valence-corrected chi connectivity index (χ2v) is 9.78. The molecule has 0 unspecified atom stereocenters. The summed E-state index contributed by atoms with van der Waals surface area (Å²) in [6.45, 7) is 3.53. The molecule has 9 heteroatoms. The van der Waals surface area contributed by atoms with Gasteiger partial charge in [0.15, 0.2) is 0 Å². The monoisotopic (exact) mass is 443 g/mol. The Morgan fingerprint density at radius 2 is 1.81 bits per heavy atom. The minimum atomic E-state index is -3.81. The number of para-hydroxylation sites is 1. The Morgan fingerprint density at radius 3 is 2.35 bits per heavy atom. The van der Waals surface area contributed by atoms with Crippen molar-refractivity contribution in [3.8, 4) is 5.75 Å². The first-order chi connectivity index (χ1) is 14.7. The first-order valence-corrected chi connectivity index (χ1v) is 11.3. The highest BCUT2D eigenvalue weighted by atomic mass is 32.2. The van der Waals surface area contributed by atoms with E-state index >= 15 is 0 Å². The van der Waals surface area contributed by atoms with E-state index in [9.17, 15) is 13.2 Å². The first-order valence-electron chi connectivity index (χ1n) is 9.87. The molecule has 2 aromatic carbocycles. The maximum Gasteiger partial charge on any atom is 0.340 e. The number of sulfonamides is 1. The quantitative estimate of drug-likeness (QED) is 0.587. The van der Waals surface area contributed by atoms with Crippen LogP contribution < -0.4 is 4.74 Å². The van der Waals surface area contributed by atoms with E-state index in [2.05, 4.69) is 9.97 Å². The molecule has 1 saturated carbocycles. The molecular weight excluding hydrogens is 418 g/mol. The second-order valence-electron chi connectivity index (χ2n) is 7.87. The fraction of sp³-hybridized carbons (Fsp3) is 0.364. The van der Waals surface area contributed by atoms with Crippen LogP contribution in [-0.2, 0) is 20.3 Å². The van der Waals surface area contributed by atoms with Gasteiger partial charge in [0.05, 0.1) is 35.7 Å². The van der Waals surface area contributed by atoms with Crippen LogP contribution in [0.2, 0.25) is 0 Å². The summed E-state index contributed by atoms with van der Waals surface area (Å²) in [5.74, 6) is 0.651. The van der Waals surface area contributed by atoms with Crippen molar-refractivity contribution in [2.45, 2.75) is 37.1 Å². The summed E-state index contributed by atoms with van der Waals surface area (Å²) in [5, 5.41) is 0. The molecule has 1 fully saturated rings. The normalized spacial score (nSPS) is 15.3. The average Bonchev–Trinajstić information content (AvgIpc) is 3.42. The van der Waals surface area contributed by atoms with Gasteiger partial charge in [0.1, 0.15) is 17.1 Å². The van der Waals surface area contributed by atoms with Crippen molar-refractivity contribution in [2.24, 2.45) is 0 Å². The number of carbonyl (C=O) groups excluding carboxylic acids is 1. The molecule has 0 spiro atoms. The Labute approximate surface area is 181 Å². The number of aromatic amines is 1. The Kier molecular flexibility index (Phi) is 5.06. The van der Waals surface area contributed by atoms with Gasteiger partial charge in [-0.1, -0.05) is 6.07 Å². The molecule has 8 nitrogen and oxygen atoms in total. The van der Waals surface area contributed by atoms with Crippen LogP contribution in [0.15, 0.2) is 35.2 Å². The van der Waals surface area contributed by atoms with Crippen LogP contribution in [0, 0.1) is 13.8 Å². The Hall–Kier alpha value is -2.91. The highest BCUT2D eigenvalue weighted by Gasteiger charge is 2.55. The number of nitrogens with one attached hydrogen (secondary N) is 1. The van der Waals surface area contributed by atoms with E-state index in [-0.39, 0.29) is 4.90 Å². The number of imidazole rings is 1. The molecule has 0 radical (unpaired) electrons. The smallest absolute Gasteiger partial charge is 0.340 e. The van der Waals surface area contributed by atoms with Gasteiger partial charge >= 0.3 is 5.97 Å². The summed E-state index contributed by atoms with van der Waals surface area (Å²) in [4.78, 5) is 20.2. The average molecular weight is 444 g/mol. The summed E-state index contributed by atoms with van der Waals surface area (Å²) in [6, 6.07) is 8.62. The number of H-pyrrole nitrogens is 1. The summed E-state index contributed by atoms with van der Waals surface area (Å²) in [7, 11) is 0.642. The Balaban J connectivity index is 1.79. The standard InChI is InChI=1S/C22H25N3O5S/c1-13-11-15(29-4)12-14(2)19(13)31(27,28)25(3)22(9-10-22)21-23-17-8-6-7-16(18(17)24-21)20(26)30-5/h6-8,11-12H,9-10H2,1-5H3,(H,23,24). The molecule has 1 aromatic heterocycles. The van der Waals surface area contributed by atoms with E-state index in [0.29, 0.717) is 52.1 Å². The van der Waals surface area contributed by atoms with E-state index in [1.165, 1.54) is 11.4 Å². The fourth-order valence-electron chi connectivity index (χ4n) is 4.15. The number of hydrogen-bond acceptors (Lipinski definition) is 6. The molecule has 4 rings (SSSR count). The van der Waals surface area contributed by atoms with E-state index in [0.717, 1.165) is 0 Å². The highest BCUT2D eigenvalue weighted by molar-refractivity contribution is 7.89. The molecule has 0 atom stereocenters. The predicted octanol–water partition coefficient (Wildman–Crippen LogP) is 3.28. The second kappa shape index (κ2) is 7.35. The third-order valence-electron chi connectivity index (χ3n) is 5.97. The van der Waals surface area contributed by atoms with Crippen LogP contribution in [-0.4, -0.2) is 49.9 Å². The fourth-order valence-corrected chi connectivity index (χ4v) is 6.08. The first kappa shape index (κ1) is 21.3. The molecule has 0 saturated heterocycles. The van der Waals surface area contributed by atoms with E-state index in [4.69, 9.17) is 9.47 Å². The van der Waals surface area contributed by atoms with Crippen molar-refractivity contribution < 1.29 is 22.7 Å². The SMILES string of the molecule is COC(=O)c1cccc2[nH]c(C3(N(C)S(=O)(=O)c4c(C)cc(OC)cc4C)CC3)nc12. The van der Waals surface area contributed by atoms with Crippen molar-refractivity contribution in [3.63, 3.8) is 0 Å². The summed E-state index contributed by atoms with van der Waals surface area (Å²) in [6.07, 6.45) is 1.26. The number of rotatable bonds is 6. The number of methoxy groups -OCH3 is 2. The zero-order valence-corrected chi connectivity index (χ0v) is 19.0. The van der Waals surface area contributed by atoms with E-state index < -0.39 is 21.5 Å². The summed E-state index contributed by atoms with van der Waals surface area (Å²) >= 11 is 0. The minimum absolute atomic E-state index is 0.272. The number of aryl methyl sites for hydroxylation is 2. The molecule has 3 aromatic rings. The lowest BCUT2D eigenvalue weighted by Crippen LogP contribution is -2.38. The lowest BCUT2D eigenvalue weighted by atomic mass is 10.1. The number of aromatic nitrogens is 2.